The first-order chi connectivity index (χ1) is 7.25. The lowest BCUT2D eigenvalue weighted by Crippen LogP contribution is -1.93. The van der Waals surface area contributed by atoms with Gasteiger partial charge in [0.25, 0.3) is 0 Å². The lowest BCUT2D eigenvalue weighted by molar-refractivity contribution is 0.310. The van der Waals surface area contributed by atoms with Crippen LogP contribution in [0.5, 0.6) is 5.75 Å². The van der Waals surface area contributed by atoms with E-state index < -0.39 is 0 Å². The van der Waals surface area contributed by atoms with Crippen LogP contribution in [0.1, 0.15) is 4.88 Å². The van der Waals surface area contributed by atoms with Crippen molar-refractivity contribution in [3.05, 3.63) is 45.6 Å². The highest BCUT2D eigenvalue weighted by atomic mass is 35.5. The number of ether oxygens (including phenoxy) is 1. The SMILES string of the molecule is Nc1ccc(OCc2cccs2)cc1Cl. The molecule has 0 radical (unpaired) electrons. The minimum Gasteiger partial charge on any atom is -0.488 e. The fourth-order valence-electron chi connectivity index (χ4n) is 1.15. The molecule has 2 aromatic rings. The van der Waals surface area contributed by atoms with Crippen molar-refractivity contribution < 1.29 is 4.74 Å². The van der Waals surface area contributed by atoms with Gasteiger partial charge in [-0.1, -0.05) is 17.7 Å². The molecular formula is C11H10ClNOS. The van der Waals surface area contributed by atoms with E-state index in [2.05, 4.69) is 0 Å². The van der Waals surface area contributed by atoms with Gasteiger partial charge in [-0.2, -0.15) is 0 Å². The summed E-state index contributed by atoms with van der Waals surface area (Å²) in [5, 5.41) is 2.55. The van der Waals surface area contributed by atoms with Gasteiger partial charge in [0.1, 0.15) is 12.4 Å². The molecule has 1 heterocycles. The Kier molecular flexibility index (Phi) is 3.14. The number of nitrogens with two attached hydrogens (primary N) is 1. The second-order valence-corrected chi connectivity index (χ2v) is 4.49. The molecule has 0 fully saturated rings. The second kappa shape index (κ2) is 4.55. The van der Waals surface area contributed by atoms with Crippen LogP contribution in [-0.4, -0.2) is 0 Å². The molecule has 1 aromatic heterocycles. The summed E-state index contributed by atoms with van der Waals surface area (Å²) >= 11 is 7.54. The Labute approximate surface area is 97.3 Å². The summed E-state index contributed by atoms with van der Waals surface area (Å²) in [6.45, 7) is 0.567. The molecule has 0 spiro atoms. The van der Waals surface area contributed by atoms with Gasteiger partial charge in [-0.3, -0.25) is 0 Å². The Balaban J connectivity index is 2.02. The Morgan fingerprint density at radius 3 is 2.87 bits per heavy atom. The molecule has 0 saturated carbocycles. The third kappa shape index (κ3) is 2.64. The van der Waals surface area contributed by atoms with Crippen LogP contribution in [0.3, 0.4) is 0 Å². The quantitative estimate of drug-likeness (QED) is 0.832. The molecule has 0 aliphatic heterocycles. The van der Waals surface area contributed by atoms with Crippen LogP contribution in [0, 0.1) is 0 Å². The number of hydrogen-bond acceptors (Lipinski definition) is 3. The Hall–Kier alpha value is -1.19. The number of rotatable bonds is 3. The van der Waals surface area contributed by atoms with E-state index in [9.17, 15) is 0 Å². The zero-order valence-electron chi connectivity index (χ0n) is 7.94. The minimum absolute atomic E-state index is 0.527. The van der Waals surface area contributed by atoms with Gasteiger partial charge in [0.2, 0.25) is 0 Å². The predicted octanol–water partition coefficient (Wildman–Crippen LogP) is 3.56. The van der Waals surface area contributed by atoms with Gasteiger partial charge in [-0.15, -0.1) is 11.3 Å². The van der Waals surface area contributed by atoms with Crippen molar-refractivity contribution >= 4 is 28.6 Å². The fraction of sp³-hybridized carbons (Fsp3) is 0.0909. The molecule has 2 N–H and O–H groups in total. The Bertz CT molecular complexity index is 442. The van der Waals surface area contributed by atoms with E-state index in [1.54, 1.807) is 23.5 Å². The molecule has 0 unspecified atom stereocenters. The number of benzene rings is 1. The van der Waals surface area contributed by atoms with Crippen molar-refractivity contribution in [2.24, 2.45) is 0 Å². The van der Waals surface area contributed by atoms with Gasteiger partial charge in [0, 0.05) is 10.9 Å². The van der Waals surface area contributed by atoms with Crippen LogP contribution in [0.4, 0.5) is 5.69 Å². The molecule has 4 heteroatoms. The maximum atomic E-state index is 5.87. The zero-order chi connectivity index (χ0) is 10.7. The lowest BCUT2D eigenvalue weighted by Gasteiger charge is -2.05. The average Bonchev–Trinajstić information content (AvgIpc) is 2.73. The minimum atomic E-state index is 0.527. The summed E-state index contributed by atoms with van der Waals surface area (Å²) in [5.41, 5.74) is 6.16. The van der Waals surface area contributed by atoms with Crippen molar-refractivity contribution in [3.8, 4) is 5.75 Å². The number of halogens is 1. The Morgan fingerprint density at radius 1 is 1.33 bits per heavy atom. The molecule has 0 bridgehead atoms. The zero-order valence-corrected chi connectivity index (χ0v) is 9.52. The van der Waals surface area contributed by atoms with Crippen LogP contribution >= 0.6 is 22.9 Å². The van der Waals surface area contributed by atoms with E-state index in [0.29, 0.717) is 17.3 Å². The molecule has 0 aliphatic rings. The topological polar surface area (TPSA) is 35.2 Å². The third-order valence-electron chi connectivity index (χ3n) is 1.93. The van der Waals surface area contributed by atoms with Gasteiger partial charge in [0.15, 0.2) is 0 Å². The van der Waals surface area contributed by atoms with Crippen molar-refractivity contribution in [2.75, 3.05) is 5.73 Å². The maximum absolute atomic E-state index is 5.87. The first kappa shape index (κ1) is 10.3. The number of anilines is 1. The highest BCUT2D eigenvalue weighted by Gasteiger charge is 2.00. The molecule has 1 aromatic carbocycles. The largest absolute Gasteiger partial charge is 0.488 e. The van der Waals surface area contributed by atoms with E-state index in [0.717, 1.165) is 5.75 Å². The van der Waals surface area contributed by atoms with Gasteiger partial charge in [-0.25, -0.2) is 0 Å². The van der Waals surface area contributed by atoms with Crippen LogP contribution in [0.25, 0.3) is 0 Å². The van der Waals surface area contributed by atoms with E-state index in [1.807, 2.05) is 23.6 Å². The molecule has 0 aliphatic carbocycles. The molecule has 0 saturated heterocycles. The van der Waals surface area contributed by atoms with Gasteiger partial charge in [-0.05, 0) is 23.6 Å². The van der Waals surface area contributed by atoms with Crippen molar-refractivity contribution in [2.45, 2.75) is 6.61 Å². The highest BCUT2D eigenvalue weighted by molar-refractivity contribution is 7.09. The summed E-state index contributed by atoms with van der Waals surface area (Å²) in [5.74, 6) is 0.739. The van der Waals surface area contributed by atoms with E-state index in [4.69, 9.17) is 22.1 Å². The van der Waals surface area contributed by atoms with Crippen molar-refractivity contribution in [1.82, 2.24) is 0 Å². The van der Waals surface area contributed by atoms with Crippen LogP contribution in [0.15, 0.2) is 35.7 Å². The van der Waals surface area contributed by atoms with E-state index in [1.165, 1.54) is 4.88 Å². The second-order valence-electron chi connectivity index (χ2n) is 3.05. The molecular weight excluding hydrogens is 230 g/mol. The first-order valence-corrected chi connectivity index (χ1v) is 5.71. The molecule has 15 heavy (non-hydrogen) atoms. The summed E-state index contributed by atoms with van der Waals surface area (Å²) in [6.07, 6.45) is 0. The molecule has 2 rings (SSSR count). The first-order valence-electron chi connectivity index (χ1n) is 4.46. The third-order valence-corrected chi connectivity index (χ3v) is 3.11. The summed E-state index contributed by atoms with van der Waals surface area (Å²) < 4.78 is 5.56. The Morgan fingerprint density at radius 2 is 2.20 bits per heavy atom. The molecule has 0 amide bonds. The van der Waals surface area contributed by atoms with Gasteiger partial charge >= 0.3 is 0 Å². The molecule has 2 nitrogen and oxygen atoms in total. The van der Waals surface area contributed by atoms with Crippen molar-refractivity contribution in [3.63, 3.8) is 0 Å². The van der Waals surface area contributed by atoms with E-state index in [-0.39, 0.29) is 0 Å². The fourth-order valence-corrected chi connectivity index (χ4v) is 1.93. The van der Waals surface area contributed by atoms with Crippen LogP contribution in [-0.2, 0) is 6.61 Å². The summed E-state index contributed by atoms with van der Waals surface area (Å²) in [7, 11) is 0. The van der Waals surface area contributed by atoms with Gasteiger partial charge < -0.3 is 10.5 Å². The number of thiophene rings is 1. The standard InChI is InChI=1S/C11H10ClNOS/c12-10-6-8(3-4-11(10)13)14-7-9-2-1-5-15-9/h1-6H,7,13H2. The van der Waals surface area contributed by atoms with Crippen molar-refractivity contribution in [1.29, 1.82) is 0 Å². The number of hydrogen-bond donors (Lipinski definition) is 1. The van der Waals surface area contributed by atoms with Crippen LogP contribution < -0.4 is 10.5 Å². The predicted molar refractivity (Wildman–Crippen MR) is 64.5 cm³/mol. The van der Waals surface area contributed by atoms with Gasteiger partial charge in [0.05, 0.1) is 10.7 Å². The summed E-state index contributed by atoms with van der Waals surface area (Å²) in [4.78, 5) is 1.18. The lowest BCUT2D eigenvalue weighted by atomic mass is 10.3. The summed E-state index contributed by atoms with van der Waals surface area (Å²) in [6, 6.07) is 9.31. The highest BCUT2D eigenvalue weighted by Crippen LogP contribution is 2.25. The smallest absolute Gasteiger partial charge is 0.122 e. The number of nitrogen functional groups attached to an aromatic ring is 1. The van der Waals surface area contributed by atoms with Crippen LogP contribution in [0.2, 0.25) is 5.02 Å². The molecule has 78 valence electrons. The van der Waals surface area contributed by atoms with E-state index >= 15 is 0 Å². The maximum Gasteiger partial charge on any atom is 0.122 e. The normalized spacial score (nSPS) is 10.2. The molecule has 0 atom stereocenters. The monoisotopic (exact) mass is 239 g/mol. The average molecular weight is 240 g/mol.